The van der Waals surface area contributed by atoms with Crippen molar-refractivity contribution < 1.29 is 0 Å². The molecule has 1 nitrogen and oxygen atoms in total. The number of rotatable bonds is 2. The van der Waals surface area contributed by atoms with E-state index in [1.807, 2.05) is 19.9 Å². The third kappa shape index (κ3) is 3.23. The zero-order valence-corrected chi connectivity index (χ0v) is 7.15. The Balaban J connectivity index is 4.35. The lowest BCUT2D eigenvalue weighted by atomic mass is 10.1. The molecule has 0 saturated heterocycles. The minimum atomic E-state index is 0.610. The fourth-order valence-electron chi connectivity index (χ4n) is 0.666. The average molecular weight is 137 g/mol. The molecule has 0 atom stereocenters. The van der Waals surface area contributed by atoms with Crippen molar-refractivity contribution >= 4 is 5.71 Å². The SMILES string of the molecule is CC=C(C)/C(C)=C/C(C)=N. The van der Waals surface area contributed by atoms with Gasteiger partial charge in [0.15, 0.2) is 0 Å². The number of hydrogen-bond acceptors (Lipinski definition) is 1. The van der Waals surface area contributed by atoms with Gasteiger partial charge in [-0.3, -0.25) is 0 Å². The van der Waals surface area contributed by atoms with Gasteiger partial charge >= 0.3 is 0 Å². The molecule has 0 bridgehead atoms. The molecule has 0 aromatic carbocycles. The second-order valence-electron chi connectivity index (χ2n) is 2.48. The Bertz CT molecular complexity index is 185. The Morgan fingerprint density at radius 2 is 1.60 bits per heavy atom. The van der Waals surface area contributed by atoms with E-state index >= 15 is 0 Å². The summed E-state index contributed by atoms with van der Waals surface area (Å²) in [4.78, 5) is 0. The molecule has 1 N–H and O–H groups in total. The Hall–Kier alpha value is -0.850. The molecule has 56 valence electrons. The Labute approximate surface area is 63.0 Å². The molecular formula is C9H15N. The first-order valence-electron chi connectivity index (χ1n) is 3.44. The van der Waals surface area contributed by atoms with Gasteiger partial charge in [0, 0.05) is 5.71 Å². The highest BCUT2D eigenvalue weighted by Gasteiger charge is 1.89. The van der Waals surface area contributed by atoms with Gasteiger partial charge in [0.2, 0.25) is 0 Å². The third-order valence-electron chi connectivity index (χ3n) is 1.49. The fourth-order valence-corrected chi connectivity index (χ4v) is 0.666. The monoisotopic (exact) mass is 137 g/mol. The van der Waals surface area contributed by atoms with Crippen LogP contribution in [-0.4, -0.2) is 5.71 Å². The topological polar surface area (TPSA) is 23.9 Å². The van der Waals surface area contributed by atoms with E-state index in [9.17, 15) is 0 Å². The fraction of sp³-hybridized carbons (Fsp3) is 0.444. The average Bonchev–Trinajstić information content (AvgIpc) is 1.85. The van der Waals surface area contributed by atoms with Crippen molar-refractivity contribution in [2.75, 3.05) is 0 Å². The van der Waals surface area contributed by atoms with E-state index in [2.05, 4.69) is 13.0 Å². The van der Waals surface area contributed by atoms with Crippen molar-refractivity contribution in [1.82, 2.24) is 0 Å². The lowest BCUT2D eigenvalue weighted by Gasteiger charge is -1.98. The number of allylic oxidation sites excluding steroid dienone is 4. The van der Waals surface area contributed by atoms with Gasteiger partial charge in [-0.2, -0.15) is 0 Å². The van der Waals surface area contributed by atoms with Crippen molar-refractivity contribution in [2.24, 2.45) is 0 Å². The van der Waals surface area contributed by atoms with Gasteiger partial charge in [0.05, 0.1) is 0 Å². The van der Waals surface area contributed by atoms with Gasteiger partial charge < -0.3 is 5.41 Å². The summed E-state index contributed by atoms with van der Waals surface area (Å²) >= 11 is 0. The molecule has 0 amide bonds. The summed E-state index contributed by atoms with van der Waals surface area (Å²) in [5.41, 5.74) is 3.03. The summed E-state index contributed by atoms with van der Waals surface area (Å²) < 4.78 is 0. The minimum Gasteiger partial charge on any atom is -0.306 e. The van der Waals surface area contributed by atoms with Crippen LogP contribution in [0.5, 0.6) is 0 Å². The first-order chi connectivity index (χ1) is 4.57. The van der Waals surface area contributed by atoms with Crippen LogP contribution in [0.3, 0.4) is 0 Å². The first kappa shape index (κ1) is 9.15. The van der Waals surface area contributed by atoms with Crippen LogP contribution in [0.25, 0.3) is 0 Å². The highest BCUT2D eigenvalue weighted by molar-refractivity contribution is 5.91. The molecule has 0 heterocycles. The lowest BCUT2D eigenvalue weighted by Crippen LogP contribution is -1.85. The van der Waals surface area contributed by atoms with Gasteiger partial charge in [-0.1, -0.05) is 11.6 Å². The van der Waals surface area contributed by atoms with Gasteiger partial charge in [-0.15, -0.1) is 0 Å². The maximum Gasteiger partial charge on any atom is 0.0285 e. The normalized spacial score (nSPS) is 13.6. The molecule has 1 heteroatoms. The van der Waals surface area contributed by atoms with E-state index in [4.69, 9.17) is 5.41 Å². The van der Waals surface area contributed by atoms with Crippen LogP contribution >= 0.6 is 0 Å². The van der Waals surface area contributed by atoms with Crippen LogP contribution in [0.2, 0.25) is 0 Å². The number of hydrogen-bond donors (Lipinski definition) is 1. The molecule has 0 radical (unpaired) electrons. The third-order valence-corrected chi connectivity index (χ3v) is 1.49. The van der Waals surface area contributed by atoms with Gasteiger partial charge in [0.25, 0.3) is 0 Å². The Kier molecular flexibility index (Phi) is 3.70. The summed E-state index contributed by atoms with van der Waals surface area (Å²) in [6, 6.07) is 0. The zero-order chi connectivity index (χ0) is 8.15. The van der Waals surface area contributed by atoms with Gasteiger partial charge in [0.1, 0.15) is 0 Å². The molecule has 0 aliphatic carbocycles. The Morgan fingerprint density at radius 1 is 1.10 bits per heavy atom. The van der Waals surface area contributed by atoms with Crippen LogP contribution in [0.4, 0.5) is 0 Å². The van der Waals surface area contributed by atoms with Crippen molar-refractivity contribution in [3.63, 3.8) is 0 Å². The quantitative estimate of drug-likeness (QED) is 0.447. The number of nitrogens with one attached hydrogen (secondary N) is 1. The summed E-state index contributed by atoms with van der Waals surface area (Å²) in [6.45, 7) is 7.86. The molecule has 0 saturated carbocycles. The van der Waals surface area contributed by atoms with Crippen LogP contribution < -0.4 is 0 Å². The van der Waals surface area contributed by atoms with E-state index in [0.717, 1.165) is 0 Å². The molecule has 0 aromatic rings. The van der Waals surface area contributed by atoms with Crippen LogP contribution in [0, 0.1) is 5.41 Å². The highest BCUT2D eigenvalue weighted by Crippen LogP contribution is 2.06. The molecular weight excluding hydrogens is 122 g/mol. The highest BCUT2D eigenvalue weighted by atomic mass is 14.4. The molecule has 0 aromatic heterocycles. The minimum absolute atomic E-state index is 0.610. The van der Waals surface area contributed by atoms with E-state index in [-0.39, 0.29) is 0 Å². The van der Waals surface area contributed by atoms with Crippen LogP contribution in [0.1, 0.15) is 27.7 Å². The maximum atomic E-state index is 7.19. The van der Waals surface area contributed by atoms with E-state index < -0.39 is 0 Å². The lowest BCUT2D eigenvalue weighted by molar-refractivity contribution is 1.32. The van der Waals surface area contributed by atoms with Crippen molar-refractivity contribution in [2.45, 2.75) is 27.7 Å². The summed E-state index contributed by atoms with van der Waals surface area (Å²) in [5, 5.41) is 7.19. The molecule has 0 aliphatic rings. The molecule has 0 aliphatic heterocycles. The summed E-state index contributed by atoms with van der Waals surface area (Å²) in [5.74, 6) is 0. The summed E-state index contributed by atoms with van der Waals surface area (Å²) in [6.07, 6.45) is 3.92. The van der Waals surface area contributed by atoms with Gasteiger partial charge in [-0.25, -0.2) is 0 Å². The molecule has 0 fully saturated rings. The van der Waals surface area contributed by atoms with E-state index in [0.29, 0.717) is 5.71 Å². The smallest absolute Gasteiger partial charge is 0.0285 e. The standard InChI is InChI=1S/C9H15N/c1-5-7(2)8(3)6-9(4)10/h5-6,10H,1-4H3/b7-5?,8-6+,10-9?. The van der Waals surface area contributed by atoms with Crippen molar-refractivity contribution in [3.8, 4) is 0 Å². The summed E-state index contributed by atoms with van der Waals surface area (Å²) in [7, 11) is 0. The Morgan fingerprint density at radius 3 is 1.90 bits per heavy atom. The van der Waals surface area contributed by atoms with E-state index in [1.54, 1.807) is 6.92 Å². The molecule has 0 unspecified atom stereocenters. The van der Waals surface area contributed by atoms with Gasteiger partial charge in [-0.05, 0) is 39.3 Å². The largest absolute Gasteiger partial charge is 0.306 e. The van der Waals surface area contributed by atoms with Crippen LogP contribution in [-0.2, 0) is 0 Å². The molecule has 10 heavy (non-hydrogen) atoms. The predicted octanol–water partition coefficient (Wildman–Crippen LogP) is 2.94. The molecule has 0 spiro atoms. The van der Waals surface area contributed by atoms with Crippen molar-refractivity contribution in [1.29, 1.82) is 5.41 Å². The second kappa shape index (κ2) is 4.04. The molecule has 0 rings (SSSR count). The second-order valence-corrected chi connectivity index (χ2v) is 2.48. The zero-order valence-electron chi connectivity index (χ0n) is 7.15. The van der Waals surface area contributed by atoms with E-state index in [1.165, 1.54) is 11.1 Å². The van der Waals surface area contributed by atoms with Crippen LogP contribution in [0.15, 0.2) is 23.3 Å². The van der Waals surface area contributed by atoms with Crippen molar-refractivity contribution in [3.05, 3.63) is 23.3 Å². The first-order valence-corrected chi connectivity index (χ1v) is 3.44. The predicted molar refractivity (Wildman–Crippen MR) is 46.6 cm³/mol. The maximum absolute atomic E-state index is 7.19.